The van der Waals surface area contributed by atoms with E-state index in [9.17, 15) is 4.79 Å². The van der Waals surface area contributed by atoms with Crippen molar-refractivity contribution in [3.05, 3.63) is 0 Å². The quantitative estimate of drug-likeness (QED) is 0.668. The summed E-state index contributed by atoms with van der Waals surface area (Å²) >= 11 is 0. The van der Waals surface area contributed by atoms with Crippen LogP contribution in [-0.2, 0) is 4.79 Å². The zero-order valence-electron chi connectivity index (χ0n) is 8.54. The highest BCUT2D eigenvalue weighted by Gasteiger charge is 2.43. The van der Waals surface area contributed by atoms with Gasteiger partial charge in [0.25, 0.3) is 0 Å². The molecule has 78 valence electrons. The van der Waals surface area contributed by atoms with Crippen LogP contribution in [0.4, 0.5) is 0 Å². The first-order chi connectivity index (χ1) is 6.86. The Balaban J connectivity index is 1.79. The van der Waals surface area contributed by atoms with Gasteiger partial charge in [-0.05, 0) is 44.7 Å². The number of piperidine rings is 2. The molecular formula is C11H18N2O. The largest absolute Gasteiger partial charge is 0.336 e. The standard InChI is InChI=1S/C11H18N2O/c14-11-4-1-8-7-12-6-5-10(8)13(11)9-2-3-9/h8-10,12H,1-7H2/t8-,10-/m0/s1. The lowest BCUT2D eigenvalue weighted by molar-refractivity contribution is -0.140. The van der Waals surface area contributed by atoms with E-state index in [2.05, 4.69) is 10.2 Å². The molecule has 2 heterocycles. The van der Waals surface area contributed by atoms with Crippen molar-refractivity contribution in [3.63, 3.8) is 0 Å². The zero-order chi connectivity index (χ0) is 9.54. The van der Waals surface area contributed by atoms with Gasteiger partial charge in [-0.15, -0.1) is 0 Å². The van der Waals surface area contributed by atoms with Gasteiger partial charge >= 0.3 is 0 Å². The minimum atomic E-state index is 0.427. The van der Waals surface area contributed by atoms with E-state index in [0.29, 0.717) is 18.0 Å². The second-order valence-corrected chi connectivity index (χ2v) is 4.89. The Morgan fingerprint density at radius 1 is 1.21 bits per heavy atom. The molecule has 0 spiro atoms. The summed E-state index contributed by atoms with van der Waals surface area (Å²) in [6, 6.07) is 1.19. The van der Waals surface area contributed by atoms with Crippen molar-refractivity contribution in [2.24, 2.45) is 5.92 Å². The van der Waals surface area contributed by atoms with Gasteiger partial charge in [0.2, 0.25) is 5.91 Å². The third-order valence-electron chi connectivity index (χ3n) is 3.88. The van der Waals surface area contributed by atoms with Crippen molar-refractivity contribution < 1.29 is 4.79 Å². The van der Waals surface area contributed by atoms with E-state index in [1.165, 1.54) is 19.3 Å². The number of carbonyl (C=O) groups excluding carboxylic acids is 1. The highest BCUT2D eigenvalue weighted by atomic mass is 16.2. The maximum absolute atomic E-state index is 11.8. The molecule has 3 aliphatic rings. The van der Waals surface area contributed by atoms with Crippen LogP contribution in [0.1, 0.15) is 32.1 Å². The molecule has 0 bridgehead atoms. The number of nitrogens with one attached hydrogen (secondary N) is 1. The molecule has 3 heteroatoms. The smallest absolute Gasteiger partial charge is 0.223 e. The van der Waals surface area contributed by atoms with Gasteiger partial charge in [0.15, 0.2) is 0 Å². The molecule has 3 rings (SSSR count). The van der Waals surface area contributed by atoms with E-state index in [0.717, 1.165) is 31.8 Å². The SMILES string of the molecule is O=C1CC[C@H]2CNCC[C@@H]2N1C1CC1. The number of rotatable bonds is 1. The molecule has 0 aromatic rings. The fourth-order valence-electron chi connectivity index (χ4n) is 3.02. The second kappa shape index (κ2) is 3.23. The van der Waals surface area contributed by atoms with Crippen LogP contribution in [0.15, 0.2) is 0 Å². The minimum absolute atomic E-state index is 0.427. The van der Waals surface area contributed by atoms with Crippen LogP contribution >= 0.6 is 0 Å². The molecule has 2 saturated heterocycles. The van der Waals surface area contributed by atoms with E-state index in [1.54, 1.807) is 0 Å². The van der Waals surface area contributed by atoms with Crippen LogP contribution in [0.2, 0.25) is 0 Å². The van der Waals surface area contributed by atoms with E-state index in [1.807, 2.05) is 0 Å². The lowest BCUT2D eigenvalue weighted by Gasteiger charge is -2.44. The van der Waals surface area contributed by atoms with Crippen LogP contribution in [0.25, 0.3) is 0 Å². The lowest BCUT2D eigenvalue weighted by atomic mass is 9.84. The Hall–Kier alpha value is -0.570. The van der Waals surface area contributed by atoms with Gasteiger partial charge in [-0.25, -0.2) is 0 Å². The third-order valence-corrected chi connectivity index (χ3v) is 3.88. The van der Waals surface area contributed by atoms with E-state index in [4.69, 9.17) is 0 Å². The summed E-state index contributed by atoms with van der Waals surface area (Å²) in [5, 5.41) is 3.44. The summed E-state index contributed by atoms with van der Waals surface area (Å²) in [5.41, 5.74) is 0. The summed E-state index contributed by atoms with van der Waals surface area (Å²) in [6.07, 6.45) is 5.58. The molecule has 3 fully saturated rings. The summed E-state index contributed by atoms with van der Waals surface area (Å²) in [7, 11) is 0. The maximum atomic E-state index is 11.8. The van der Waals surface area contributed by atoms with Crippen LogP contribution in [0.5, 0.6) is 0 Å². The van der Waals surface area contributed by atoms with Crippen LogP contribution < -0.4 is 5.32 Å². The highest BCUT2D eigenvalue weighted by molar-refractivity contribution is 5.78. The molecule has 1 N–H and O–H groups in total. The number of hydrogen-bond acceptors (Lipinski definition) is 2. The Bertz CT molecular complexity index is 250. The summed E-state index contributed by atoms with van der Waals surface area (Å²) in [5.74, 6) is 1.16. The summed E-state index contributed by atoms with van der Waals surface area (Å²) in [4.78, 5) is 14.1. The molecule has 3 nitrogen and oxygen atoms in total. The topological polar surface area (TPSA) is 32.3 Å². The number of amides is 1. The summed E-state index contributed by atoms with van der Waals surface area (Å²) < 4.78 is 0. The van der Waals surface area contributed by atoms with Crippen LogP contribution in [-0.4, -0.2) is 36.0 Å². The molecule has 2 aliphatic heterocycles. The fourth-order valence-corrected chi connectivity index (χ4v) is 3.02. The number of fused-ring (bicyclic) bond motifs is 1. The lowest BCUT2D eigenvalue weighted by Crippen LogP contribution is -2.55. The molecule has 14 heavy (non-hydrogen) atoms. The number of likely N-dealkylation sites (tertiary alicyclic amines) is 1. The van der Waals surface area contributed by atoms with E-state index in [-0.39, 0.29) is 0 Å². The minimum Gasteiger partial charge on any atom is -0.336 e. The molecule has 1 saturated carbocycles. The molecule has 0 aromatic carbocycles. The molecule has 0 aromatic heterocycles. The van der Waals surface area contributed by atoms with Gasteiger partial charge in [0.05, 0.1) is 0 Å². The monoisotopic (exact) mass is 194 g/mol. The summed E-state index contributed by atoms with van der Waals surface area (Å²) in [6.45, 7) is 2.22. The molecule has 0 unspecified atom stereocenters. The van der Waals surface area contributed by atoms with Crippen molar-refractivity contribution in [1.29, 1.82) is 0 Å². The first kappa shape index (κ1) is 8.72. The first-order valence-electron chi connectivity index (χ1n) is 5.88. The Labute approximate surface area is 84.8 Å². The molecule has 1 amide bonds. The van der Waals surface area contributed by atoms with Gasteiger partial charge in [-0.2, -0.15) is 0 Å². The van der Waals surface area contributed by atoms with Gasteiger partial charge < -0.3 is 10.2 Å². The zero-order valence-corrected chi connectivity index (χ0v) is 8.54. The van der Waals surface area contributed by atoms with Crippen molar-refractivity contribution in [3.8, 4) is 0 Å². The van der Waals surface area contributed by atoms with Gasteiger partial charge in [-0.1, -0.05) is 0 Å². The molecular weight excluding hydrogens is 176 g/mol. The normalized spacial score (nSPS) is 38.3. The Morgan fingerprint density at radius 3 is 2.86 bits per heavy atom. The first-order valence-corrected chi connectivity index (χ1v) is 5.88. The van der Waals surface area contributed by atoms with Crippen molar-refractivity contribution in [2.75, 3.05) is 13.1 Å². The van der Waals surface area contributed by atoms with Crippen molar-refractivity contribution >= 4 is 5.91 Å². The van der Waals surface area contributed by atoms with E-state index >= 15 is 0 Å². The molecule has 1 aliphatic carbocycles. The fraction of sp³-hybridized carbons (Fsp3) is 0.909. The van der Waals surface area contributed by atoms with E-state index < -0.39 is 0 Å². The van der Waals surface area contributed by atoms with Crippen LogP contribution in [0.3, 0.4) is 0 Å². The van der Waals surface area contributed by atoms with Crippen LogP contribution in [0, 0.1) is 5.92 Å². The Morgan fingerprint density at radius 2 is 2.07 bits per heavy atom. The molecule has 2 atom stereocenters. The number of carbonyl (C=O) groups is 1. The maximum Gasteiger partial charge on any atom is 0.223 e. The van der Waals surface area contributed by atoms with Gasteiger partial charge in [0, 0.05) is 18.5 Å². The number of nitrogens with zero attached hydrogens (tertiary/aromatic N) is 1. The third kappa shape index (κ3) is 1.34. The predicted octanol–water partition coefficient (Wildman–Crippen LogP) is 0.749. The predicted molar refractivity (Wildman–Crippen MR) is 53.9 cm³/mol. The van der Waals surface area contributed by atoms with Gasteiger partial charge in [-0.3, -0.25) is 4.79 Å². The highest BCUT2D eigenvalue weighted by Crippen LogP contribution is 2.37. The second-order valence-electron chi connectivity index (χ2n) is 4.89. The van der Waals surface area contributed by atoms with Gasteiger partial charge in [0.1, 0.15) is 0 Å². The average molecular weight is 194 g/mol. The number of hydrogen-bond donors (Lipinski definition) is 1. The Kier molecular flexibility index (Phi) is 2.01. The van der Waals surface area contributed by atoms with Crippen molar-refractivity contribution in [1.82, 2.24) is 10.2 Å². The average Bonchev–Trinajstić information content (AvgIpc) is 3.01. The van der Waals surface area contributed by atoms with Crippen molar-refractivity contribution in [2.45, 2.75) is 44.2 Å². The molecule has 0 radical (unpaired) electrons.